The molecular weight excluding hydrogens is 318 g/mol. The van der Waals surface area contributed by atoms with Gasteiger partial charge in [0.15, 0.2) is 6.10 Å². The summed E-state index contributed by atoms with van der Waals surface area (Å²) in [6.07, 6.45) is 0.882. The SMILES string of the molecule is CN(Cc1cc(Br)cs1)CC1CCC(C(=O)O)O1. The average molecular weight is 334 g/mol. The van der Waals surface area contributed by atoms with Gasteiger partial charge in [0.2, 0.25) is 0 Å². The lowest BCUT2D eigenvalue weighted by Crippen LogP contribution is -2.30. The topological polar surface area (TPSA) is 49.8 Å². The van der Waals surface area contributed by atoms with Gasteiger partial charge in [0.1, 0.15) is 0 Å². The first-order chi connectivity index (χ1) is 8.54. The Bertz CT molecular complexity index is 423. The van der Waals surface area contributed by atoms with Gasteiger partial charge in [-0.1, -0.05) is 0 Å². The minimum Gasteiger partial charge on any atom is -0.479 e. The molecule has 6 heteroatoms. The lowest BCUT2D eigenvalue weighted by molar-refractivity contribution is -0.149. The molecule has 0 spiro atoms. The summed E-state index contributed by atoms with van der Waals surface area (Å²) in [4.78, 5) is 14.2. The first-order valence-electron chi connectivity index (χ1n) is 5.84. The maximum Gasteiger partial charge on any atom is 0.332 e. The Hall–Kier alpha value is -0.430. The molecule has 0 bridgehead atoms. The van der Waals surface area contributed by atoms with E-state index in [2.05, 4.69) is 32.3 Å². The Morgan fingerprint density at radius 2 is 2.44 bits per heavy atom. The third-order valence-corrected chi connectivity index (χ3v) is 4.63. The van der Waals surface area contributed by atoms with E-state index in [4.69, 9.17) is 9.84 Å². The van der Waals surface area contributed by atoms with Crippen LogP contribution < -0.4 is 0 Å². The van der Waals surface area contributed by atoms with Crippen molar-refractivity contribution in [3.63, 3.8) is 0 Å². The van der Waals surface area contributed by atoms with Crippen LogP contribution in [0.5, 0.6) is 0 Å². The fourth-order valence-electron chi connectivity index (χ4n) is 2.14. The highest BCUT2D eigenvalue weighted by molar-refractivity contribution is 9.10. The molecule has 0 aliphatic carbocycles. The molecule has 18 heavy (non-hydrogen) atoms. The second-order valence-electron chi connectivity index (χ2n) is 4.59. The van der Waals surface area contributed by atoms with E-state index in [1.807, 2.05) is 7.05 Å². The average Bonchev–Trinajstić information content (AvgIpc) is 2.88. The Balaban J connectivity index is 1.78. The second-order valence-corrected chi connectivity index (χ2v) is 6.50. The Morgan fingerprint density at radius 1 is 1.67 bits per heavy atom. The third kappa shape index (κ3) is 3.78. The van der Waals surface area contributed by atoms with Gasteiger partial charge in [-0.25, -0.2) is 4.79 Å². The van der Waals surface area contributed by atoms with Crippen LogP contribution in [0.1, 0.15) is 17.7 Å². The van der Waals surface area contributed by atoms with Gasteiger partial charge >= 0.3 is 5.97 Å². The molecule has 2 unspecified atom stereocenters. The number of rotatable bonds is 5. The first kappa shape index (κ1) is 14.0. The summed E-state index contributed by atoms with van der Waals surface area (Å²) in [5.41, 5.74) is 0. The minimum atomic E-state index is -0.845. The van der Waals surface area contributed by atoms with Gasteiger partial charge in [0.25, 0.3) is 0 Å². The highest BCUT2D eigenvalue weighted by Crippen LogP contribution is 2.23. The van der Waals surface area contributed by atoms with Crippen LogP contribution in [0.3, 0.4) is 0 Å². The fourth-order valence-corrected chi connectivity index (χ4v) is 3.67. The van der Waals surface area contributed by atoms with Crippen LogP contribution in [0.15, 0.2) is 15.9 Å². The van der Waals surface area contributed by atoms with Crippen LogP contribution >= 0.6 is 27.3 Å². The number of carboxylic acids is 1. The van der Waals surface area contributed by atoms with Gasteiger partial charge in [0.05, 0.1) is 6.10 Å². The van der Waals surface area contributed by atoms with E-state index in [-0.39, 0.29) is 6.10 Å². The maximum atomic E-state index is 10.8. The molecule has 0 aromatic carbocycles. The van der Waals surface area contributed by atoms with Crippen molar-refractivity contribution in [2.24, 2.45) is 0 Å². The predicted molar refractivity (Wildman–Crippen MR) is 73.9 cm³/mol. The molecule has 2 atom stereocenters. The molecule has 1 N–H and O–H groups in total. The minimum absolute atomic E-state index is 0.0412. The molecule has 1 aromatic rings. The van der Waals surface area contributed by atoms with E-state index in [1.54, 1.807) is 11.3 Å². The van der Waals surface area contributed by atoms with E-state index in [0.717, 1.165) is 24.0 Å². The number of carboxylic acid groups (broad SMARTS) is 1. The summed E-state index contributed by atoms with van der Waals surface area (Å²) in [6.45, 7) is 1.65. The molecule has 1 fully saturated rings. The summed E-state index contributed by atoms with van der Waals surface area (Å²) in [5.74, 6) is -0.845. The number of thiophene rings is 1. The van der Waals surface area contributed by atoms with Gasteiger partial charge in [-0.3, -0.25) is 4.90 Å². The molecule has 100 valence electrons. The van der Waals surface area contributed by atoms with Crippen molar-refractivity contribution in [3.05, 3.63) is 20.8 Å². The standard InChI is InChI=1S/C12H16BrNO3S/c1-14(6-10-4-8(13)7-18-10)5-9-2-3-11(17-9)12(15)16/h4,7,9,11H,2-3,5-6H2,1H3,(H,15,16). The largest absolute Gasteiger partial charge is 0.479 e. The monoisotopic (exact) mass is 333 g/mol. The van der Waals surface area contributed by atoms with Crippen molar-refractivity contribution in [3.8, 4) is 0 Å². The second kappa shape index (κ2) is 6.14. The van der Waals surface area contributed by atoms with Crippen LogP contribution in [-0.4, -0.2) is 41.8 Å². The molecule has 4 nitrogen and oxygen atoms in total. The molecule has 2 rings (SSSR count). The lowest BCUT2D eigenvalue weighted by Gasteiger charge is -2.20. The molecule has 1 saturated heterocycles. The smallest absolute Gasteiger partial charge is 0.332 e. The summed E-state index contributed by atoms with van der Waals surface area (Å²) < 4.78 is 6.60. The quantitative estimate of drug-likeness (QED) is 0.899. The van der Waals surface area contributed by atoms with Crippen LogP contribution in [-0.2, 0) is 16.1 Å². The van der Waals surface area contributed by atoms with E-state index in [9.17, 15) is 4.79 Å². The molecule has 1 aromatic heterocycles. The van der Waals surface area contributed by atoms with Gasteiger partial charge < -0.3 is 9.84 Å². The molecule has 0 radical (unpaired) electrons. The number of carbonyl (C=O) groups is 1. The molecule has 1 aliphatic heterocycles. The highest BCUT2D eigenvalue weighted by Gasteiger charge is 2.30. The number of aliphatic carboxylic acids is 1. The van der Waals surface area contributed by atoms with Crippen molar-refractivity contribution in [2.45, 2.75) is 31.6 Å². The number of halogens is 1. The van der Waals surface area contributed by atoms with Crippen molar-refractivity contribution < 1.29 is 14.6 Å². The van der Waals surface area contributed by atoms with Crippen molar-refractivity contribution in [1.29, 1.82) is 0 Å². The van der Waals surface area contributed by atoms with Crippen LogP contribution in [0.2, 0.25) is 0 Å². The molecular formula is C12H16BrNO3S. The summed E-state index contributed by atoms with van der Waals surface area (Å²) >= 11 is 5.15. The molecule has 1 aliphatic rings. The Labute approximate surface area is 119 Å². The predicted octanol–water partition coefficient (Wildman–Crippen LogP) is 2.57. The van der Waals surface area contributed by atoms with E-state index < -0.39 is 12.1 Å². The van der Waals surface area contributed by atoms with E-state index in [0.29, 0.717) is 6.42 Å². The summed E-state index contributed by atoms with van der Waals surface area (Å²) in [6, 6.07) is 2.11. The first-order valence-corrected chi connectivity index (χ1v) is 7.51. The summed E-state index contributed by atoms with van der Waals surface area (Å²) in [5, 5.41) is 10.9. The summed E-state index contributed by atoms with van der Waals surface area (Å²) in [7, 11) is 2.03. The fraction of sp³-hybridized carbons (Fsp3) is 0.583. The van der Waals surface area contributed by atoms with Crippen molar-refractivity contribution in [2.75, 3.05) is 13.6 Å². The van der Waals surface area contributed by atoms with Crippen molar-refractivity contribution >= 4 is 33.2 Å². The normalized spacial score (nSPS) is 23.7. The zero-order chi connectivity index (χ0) is 13.1. The van der Waals surface area contributed by atoms with Crippen LogP contribution in [0.4, 0.5) is 0 Å². The molecule has 0 amide bonds. The van der Waals surface area contributed by atoms with Gasteiger partial charge in [-0.15, -0.1) is 11.3 Å². The van der Waals surface area contributed by atoms with Crippen LogP contribution in [0, 0.1) is 0 Å². The zero-order valence-electron chi connectivity index (χ0n) is 10.1. The Kier molecular flexibility index (Phi) is 4.77. The van der Waals surface area contributed by atoms with Gasteiger partial charge in [-0.05, 0) is 41.9 Å². The number of ether oxygens (including phenoxy) is 1. The van der Waals surface area contributed by atoms with E-state index >= 15 is 0 Å². The number of hydrogen-bond acceptors (Lipinski definition) is 4. The van der Waals surface area contributed by atoms with Gasteiger partial charge in [0, 0.05) is 27.8 Å². The number of nitrogens with zero attached hydrogens (tertiary/aromatic N) is 1. The number of likely N-dealkylation sites (N-methyl/N-ethyl adjacent to an activating group) is 1. The number of hydrogen-bond donors (Lipinski definition) is 1. The highest BCUT2D eigenvalue weighted by atomic mass is 79.9. The zero-order valence-corrected chi connectivity index (χ0v) is 12.5. The van der Waals surface area contributed by atoms with E-state index in [1.165, 1.54) is 4.88 Å². The van der Waals surface area contributed by atoms with Crippen LogP contribution in [0.25, 0.3) is 0 Å². The lowest BCUT2D eigenvalue weighted by atomic mass is 10.2. The van der Waals surface area contributed by atoms with Gasteiger partial charge in [-0.2, -0.15) is 0 Å². The van der Waals surface area contributed by atoms with Crippen molar-refractivity contribution in [1.82, 2.24) is 4.90 Å². The molecule has 0 saturated carbocycles. The molecule has 2 heterocycles. The maximum absolute atomic E-state index is 10.8. The third-order valence-electron chi connectivity index (χ3n) is 2.95. The Morgan fingerprint density at radius 3 is 3.00 bits per heavy atom.